The molecule has 5 heteroatoms. The molecule has 0 radical (unpaired) electrons. The predicted molar refractivity (Wildman–Crippen MR) is 83.2 cm³/mol. The van der Waals surface area contributed by atoms with E-state index in [2.05, 4.69) is 24.4 Å². The first-order valence-corrected chi connectivity index (χ1v) is 7.28. The Kier molecular flexibility index (Phi) is 4.63. The normalized spacial score (nSPS) is 10.3. The average molecular weight is 290 g/mol. The van der Waals surface area contributed by atoms with E-state index in [1.807, 2.05) is 0 Å². The first-order valence-electron chi connectivity index (χ1n) is 6.46. The van der Waals surface area contributed by atoms with Crippen molar-refractivity contribution in [3.05, 3.63) is 45.6 Å². The summed E-state index contributed by atoms with van der Waals surface area (Å²) in [6.45, 7) is 4.83. The number of esters is 1. The molecule has 1 heterocycles. The summed E-state index contributed by atoms with van der Waals surface area (Å²) in [5.74, 6) is -0.357. The lowest BCUT2D eigenvalue weighted by Gasteiger charge is -2.13. The first-order chi connectivity index (χ1) is 9.61. The van der Waals surface area contributed by atoms with Crippen LogP contribution in [0.3, 0.4) is 0 Å². The van der Waals surface area contributed by atoms with E-state index in [4.69, 9.17) is 10.5 Å². The average Bonchev–Trinajstić information content (AvgIpc) is 2.83. The highest BCUT2D eigenvalue weighted by molar-refractivity contribution is 7.11. The second-order valence-corrected chi connectivity index (χ2v) is 5.73. The molecule has 2 rings (SSSR count). The van der Waals surface area contributed by atoms with Crippen molar-refractivity contribution >= 4 is 28.7 Å². The largest absolute Gasteiger partial charge is 0.462 e. The Morgan fingerprint density at radius 2 is 2.15 bits per heavy atom. The molecule has 1 aromatic carbocycles. The number of rotatable bonds is 5. The Labute approximate surface area is 122 Å². The Morgan fingerprint density at radius 1 is 1.35 bits per heavy atom. The maximum absolute atomic E-state index is 11.9. The van der Waals surface area contributed by atoms with Crippen LogP contribution in [0, 0.1) is 6.92 Å². The van der Waals surface area contributed by atoms with Gasteiger partial charge in [0.2, 0.25) is 0 Å². The molecule has 106 valence electrons. The molecule has 1 aromatic heterocycles. The van der Waals surface area contributed by atoms with E-state index in [-0.39, 0.29) is 5.97 Å². The van der Waals surface area contributed by atoms with Crippen molar-refractivity contribution < 1.29 is 9.53 Å². The third-order valence-corrected chi connectivity index (χ3v) is 3.83. The Balaban J connectivity index is 2.19. The number of thiophene rings is 1. The van der Waals surface area contributed by atoms with Gasteiger partial charge in [0.05, 0.1) is 23.5 Å². The Hall–Kier alpha value is -2.01. The van der Waals surface area contributed by atoms with Gasteiger partial charge >= 0.3 is 5.97 Å². The molecular weight excluding hydrogens is 272 g/mol. The number of anilines is 2. The van der Waals surface area contributed by atoms with Crippen LogP contribution in [0.15, 0.2) is 30.3 Å². The van der Waals surface area contributed by atoms with Gasteiger partial charge in [0.15, 0.2) is 0 Å². The molecule has 0 spiro atoms. The number of nitrogens with one attached hydrogen (secondary N) is 1. The van der Waals surface area contributed by atoms with Gasteiger partial charge in [-0.15, -0.1) is 11.3 Å². The molecule has 0 amide bonds. The maximum atomic E-state index is 11.9. The van der Waals surface area contributed by atoms with Crippen LogP contribution in [0.4, 0.5) is 11.4 Å². The number of benzene rings is 1. The molecule has 2 aromatic rings. The van der Waals surface area contributed by atoms with Crippen molar-refractivity contribution in [3.63, 3.8) is 0 Å². The maximum Gasteiger partial charge on any atom is 0.340 e. The van der Waals surface area contributed by atoms with Gasteiger partial charge in [-0.2, -0.15) is 0 Å². The fourth-order valence-electron chi connectivity index (χ4n) is 1.90. The second-order valence-electron chi connectivity index (χ2n) is 4.36. The van der Waals surface area contributed by atoms with Crippen LogP contribution >= 0.6 is 11.3 Å². The van der Waals surface area contributed by atoms with E-state index in [9.17, 15) is 4.79 Å². The summed E-state index contributed by atoms with van der Waals surface area (Å²) < 4.78 is 5.05. The summed E-state index contributed by atoms with van der Waals surface area (Å²) in [5, 5.41) is 3.24. The molecule has 0 saturated carbocycles. The Morgan fingerprint density at radius 3 is 2.80 bits per heavy atom. The van der Waals surface area contributed by atoms with Crippen molar-refractivity contribution in [2.24, 2.45) is 0 Å². The SMILES string of the molecule is CCOC(=O)c1cccc(N)c1NCc1ccc(C)s1. The monoisotopic (exact) mass is 290 g/mol. The molecule has 0 bridgehead atoms. The third kappa shape index (κ3) is 3.30. The van der Waals surface area contributed by atoms with Crippen LogP contribution < -0.4 is 11.1 Å². The van der Waals surface area contributed by atoms with Crippen LogP contribution in [-0.4, -0.2) is 12.6 Å². The fourth-order valence-corrected chi connectivity index (χ4v) is 2.73. The lowest BCUT2D eigenvalue weighted by atomic mass is 10.1. The number of carbonyl (C=O) groups excluding carboxylic acids is 1. The smallest absolute Gasteiger partial charge is 0.340 e. The quantitative estimate of drug-likeness (QED) is 0.654. The van der Waals surface area contributed by atoms with Gasteiger partial charge in [-0.05, 0) is 38.1 Å². The lowest BCUT2D eigenvalue weighted by Crippen LogP contribution is -2.11. The molecule has 4 nitrogen and oxygen atoms in total. The summed E-state index contributed by atoms with van der Waals surface area (Å²) in [6.07, 6.45) is 0. The molecule has 0 aliphatic heterocycles. The van der Waals surface area contributed by atoms with E-state index in [0.717, 1.165) is 0 Å². The van der Waals surface area contributed by atoms with Crippen LogP contribution in [-0.2, 0) is 11.3 Å². The number of ether oxygens (including phenoxy) is 1. The highest BCUT2D eigenvalue weighted by Crippen LogP contribution is 2.26. The molecule has 0 aliphatic rings. The van der Waals surface area contributed by atoms with Crippen molar-refractivity contribution in [1.29, 1.82) is 0 Å². The lowest BCUT2D eigenvalue weighted by molar-refractivity contribution is 0.0527. The van der Waals surface area contributed by atoms with E-state index in [1.54, 1.807) is 36.5 Å². The second kappa shape index (κ2) is 6.43. The number of nitrogen functional groups attached to an aromatic ring is 1. The molecule has 0 atom stereocenters. The number of nitrogens with two attached hydrogens (primary N) is 1. The summed E-state index contributed by atoms with van der Waals surface area (Å²) >= 11 is 1.72. The highest BCUT2D eigenvalue weighted by Gasteiger charge is 2.14. The minimum atomic E-state index is -0.357. The van der Waals surface area contributed by atoms with E-state index in [1.165, 1.54) is 9.75 Å². The zero-order valence-electron chi connectivity index (χ0n) is 11.6. The zero-order valence-corrected chi connectivity index (χ0v) is 12.4. The minimum absolute atomic E-state index is 0.344. The number of hydrogen-bond acceptors (Lipinski definition) is 5. The number of hydrogen-bond donors (Lipinski definition) is 2. The van der Waals surface area contributed by atoms with Crippen molar-refractivity contribution in [2.75, 3.05) is 17.7 Å². The van der Waals surface area contributed by atoms with Crippen LogP contribution in [0.25, 0.3) is 0 Å². The van der Waals surface area contributed by atoms with Crippen molar-refractivity contribution in [3.8, 4) is 0 Å². The van der Waals surface area contributed by atoms with Crippen LogP contribution in [0.5, 0.6) is 0 Å². The van der Waals surface area contributed by atoms with Gasteiger partial charge in [-0.25, -0.2) is 4.79 Å². The molecule has 0 saturated heterocycles. The topological polar surface area (TPSA) is 64.3 Å². The number of para-hydroxylation sites is 1. The molecule has 3 N–H and O–H groups in total. The van der Waals surface area contributed by atoms with Crippen molar-refractivity contribution in [1.82, 2.24) is 0 Å². The first kappa shape index (κ1) is 14.4. The summed E-state index contributed by atoms with van der Waals surface area (Å²) in [6, 6.07) is 9.38. The van der Waals surface area contributed by atoms with Gasteiger partial charge in [0.1, 0.15) is 0 Å². The Bertz CT molecular complexity index is 608. The van der Waals surface area contributed by atoms with E-state index >= 15 is 0 Å². The number of aryl methyl sites for hydroxylation is 1. The van der Waals surface area contributed by atoms with Gasteiger partial charge in [0.25, 0.3) is 0 Å². The molecule has 20 heavy (non-hydrogen) atoms. The van der Waals surface area contributed by atoms with Crippen LogP contribution in [0.1, 0.15) is 27.0 Å². The zero-order chi connectivity index (χ0) is 14.5. The van der Waals surface area contributed by atoms with Gasteiger partial charge in [0, 0.05) is 16.3 Å². The van der Waals surface area contributed by atoms with Gasteiger partial charge in [-0.3, -0.25) is 0 Å². The fraction of sp³-hybridized carbons (Fsp3) is 0.267. The predicted octanol–water partition coefficient (Wildman–Crippen LogP) is 3.43. The third-order valence-electron chi connectivity index (χ3n) is 2.83. The van der Waals surface area contributed by atoms with Gasteiger partial charge in [-0.1, -0.05) is 6.07 Å². The van der Waals surface area contributed by atoms with E-state index < -0.39 is 0 Å². The molecular formula is C15H18N2O2S. The summed E-state index contributed by atoms with van der Waals surface area (Å²) in [7, 11) is 0. The van der Waals surface area contributed by atoms with Crippen LogP contribution in [0.2, 0.25) is 0 Å². The summed E-state index contributed by atoms with van der Waals surface area (Å²) in [5.41, 5.74) is 7.61. The minimum Gasteiger partial charge on any atom is -0.462 e. The highest BCUT2D eigenvalue weighted by atomic mass is 32.1. The van der Waals surface area contributed by atoms with Gasteiger partial charge < -0.3 is 15.8 Å². The molecule has 0 unspecified atom stereocenters. The molecule has 0 fully saturated rings. The van der Waals surface area contributed by atoms with E-state index in [0.29, 0.717) is 30.1 Å². The standard InChI is InChI=1S/C15H18N2O2S/c1-3-19-15(18)12-5-4-6-13(16)14(12)17-9-11-8-7-10(2)20-11/h4-8,17H,3,9,16H2,1-2H3. The number of carbonyl (C=O) groups is 1. The van der Waals surface area contributed by atoms with Crippen molar-refractivity contribution in [2.45, 2.75) is 20.4 Å². The summed E-state index contributed by atoms with van der Waals surface area (Å²) in [4.78, 5) is 14.4. The molecule has 0 aliphatic carbocycles.